The number of allylic oxidation sites excluding steroid dienone is 2. The second-order valence-corrected chi connectivity index (χ2v) is 6.31. The number of carbonyl (C=O) groups is 1. The Morgan fingerprint density at radius 3 is 2.54 bits per heavy atom. The SMILES string of the molecule is CC(=O)/C=C(/C)O.Cc1ccnc(-c2[c-]ccc3c2oc2ccccc23)c1.[Pt]. The first-order chi connectivity index (χ1) is 13.0. The van der Waals surface area contributed by atoms with E-state index in [1.165, 1.54) is 25.5 Å². The first-order valence-electron chi connectivity index (χ1n) is 8.58. The fourth-order valence-electron chi connectivity index (χ4n) is 2.85. The van der Waals surface area contributed by atoms with Crippen LogP contribution in [0.15, 0.2) is 71.0 Å². The van der Waals surface area contributed by atoms with Crippen molar-refractivity contribution in [2.24, 2.45) is 0 Å². The van der Waals surface area contributed by atoms with E-state index in [9.17, 15) is 4.79 Å². The van der Waals surface area contributed by atoms with Gasteiger partial charge in [0, 0.05) is 38.7 Å². The van der Waals surface area contributed by atoms with Crippen molar-refractivity contribution in [2.45, 2.75) is 20.8 Å². The van der Waals surface area contributed by atoms with Crippen LogP contribution < -0.4 is 0 Å². The van der Waals surface area contributed by atoms with Gasteiger partial charge in [0.1, 0.15) is 5.58 Å². The summed E-state index contributed by atoms with van der Waals surface area (Å²) in [5, 5.41) is 10.6. The minimum atomic E-state index is -0.125. The third-order valence-electron chi connectivity index (χ3n) is 3.92. The van der Waals surface area contributed by atoms with Crippen LogP contribution in [-0.4, -0.2) is 15.9 Å². The number of hydrogen-bond donors (Lipinski definition) is 1. The molecule has 28 heavy (non-hydrogen) atoms. The molecular weight excluding hydrogens is 533 g/mol. The summed E-state index contributed by atoms with van der Waals surface area (Å²) in [7, 11) is 0. The van der Waals surface area contributed by atoms with Gasteiger partial charge in [-0.1, -0.05) is 40.8 Å². The van der Waals surface area contributed by atoms with Crippen LogP contribution in [0.25, 0.3) is 33.2 Å². The molecule has 5 heteroatoms. The predicted molar refractivity (Wildman–Crippen MR) is 108 cm³/mol. The Balaban J connectivity index is 0.000000306. The molecule has 0 saturated carbocycles. The van der Waals surface area contributed by atoms with Gasteiger partial charge in [-0.15, -0.1) is 18.2 Å². The van der Waals surface area contributed by atoms with Gasteiger partial charge in [-0.25, -0.2) is 0 Å². The number of hydrogen-bond acceptors (Lipinski definition) is 4. The molecular formula is C23H20NO3Pt-. The zero-order valence-electron chi connectivity index (χ0n) is 15.8. The standard InChI is InChI=1S/C18H12NO.C5H8O2.Pt/c1-12-9-10-19-16(11-12)15-7-4-6-14-13-5-2-3-8-17(13)20-18(14)15;1-4(6)3-5(2)7;/h2-6,8-11H,1H3;3,6H,1-2H3;/q-1;;/b;4-3-;. The summed E-state index contributed by atoms with van der Waals surface area (Å²) in [6.07, 6.45) is 2.99. The molecule has 2 aromatic heterocycles. The topological polar surface area (TPSA) is 63.3 Å². The van der Waals surface area contributed by atoms with Crippen LogP contribution in [0.5, 0.6) is 0 Å². The molecule has 1 N–H and O–H groups in total. The Hall–Kier alpha value is -2.71. The van der Waals surface area contributed by atoms with Crippen LogP contribution in [0.1, 0.15) is 19.4 Å². The Kier molecular flexibility index (Phi) is 7.30. The maximum absolute atomic E-state index is 10.0. The molecule has 0 aliphatic rings. The molecule has 0 bridgehead atoms. The minimum absolute atomic E-state index is 0. The number of rotatable bonds is 2. The Morgan fingerprint density at radius 1 is 1.14 bits per heavy atom. The van der Waals surface area contributed by atoms with Crippen LogP contribution in [0.4, 0.5) is 0 Å². The zero-order chi connectivity index (χ0) is 19.4. The van der Waals surface area contributed by atoms with Gasteiger partial charge in [0.2, 0.25) is 0 Å². The molecule has 0 fully saturated rings. The third kappa shape index (κ3) is 4.96. The van der Waals surface area contributed by atoms with E-state index in [1.54, 1.807) is 0 Å². The Morgan fingerprint density at radius 2 is 1.89 bits per heavy atom. The number of aryl methyl sites for hydroxylation is 1. The van der Waals surface area contributed by atoms with Crippen molar-refractivity contribution >= 4 is 27.7 Å². The summed E-state index contributed by atoms with van der Waals surface area (Å²) >= 11 is 0. The van der Waals surface area contributed by atoms with E-state index >= 15 is 0 Å². The van der Waals surface area contributed by atoms with Crippen molar-refractivity contribution in [2.75, 3.05) is 0 Å². The summed E-state index contributed by atoms with van der Waals surface area (Å²) in [6.45, 7) is 4.91. The normalized spacial score (nSPS) is 10.9. The number of aromatic nitrogens is 1. The fourth-order valence-corrected chi connectivity index (χ4v) is 2.85. The van der Waals surface area contributed by atoms with Crippen molar-refractivity contribution in [3.05, 3.63) is 78.2 Å². The van der Waals surface area contributed by atoms with E-state index in [4.69, 9.17) is 9.52 Å². The second-order valence-electron chi connectivity index (χ2n) is 6.31. The summed E-state index contributed by atoms with van der Waals surface area (Å²) < 4.78 is 6.01. The van der Waals surface area contributed by atoms with Crippen LogP contribution in [0.2, 0.25) is 0 Å². The molecule has 0 aliphatic heterocycles. The van der Waals surface area contributed by atoms with E-state index in [2.05, 4.69) is 30.1 Å². The number of carbonyl (C=O) groups excluding carboxylic acids is 1. The van der Waals surface area contributed by atoms with Gasteiger partial charge >= 0.3 is 0 Å². The maximum Gasteiger partial charge on any atom is 0.155 e. The predicted octanol–water partition coefficient (Wildman–Crippen LogP) is 5.79. The summed E-state index contributed by atoms with van der Waals surface area (Å²) in [5.41, 5.74) is 4.75. The van der Waals surface area contributed by atoms with Gasteiger partial charge in [-0.05, 0) is 38.6 Å². The quantitative estimate of drug-likeness (QED) is 0.194. The maximum atomic E-state index is 10.0. The largest absolute Gasteiger partial charge is 0.512 e. The van der Waals surface area contributed by atoms with Gasteiger partial charge in [-0.2, -0.15) is 0 Å². The van der Waals surface area contributed by atoms with Crippen molar-refractivity contribution in [3.63, 3.8) is 0 Å². The molecule has 4 nitrogen and oxygen atoms in total. The number of ketones is 1. The van der Waals surface area contributed by atoms with E-state index in [0.717, 1.165) is 33.2 Å². The fraction of sp³-hybridized carbons (Fsp3) is 0.130. The van der Waals surface area contributed by atoms with Crippen LogP contribution in [-0.2, 0) is 25.9 Å². The zero-order valence-corrected chi connectivity index (χ0v) is 18.1. The Bertz CT molecular complexity index is 1140. The molecule has 0 unspecified atom stereocenters. The van der Waals surface area contributed by atoms with E-state index < -0.39 is 0 Å². The van der Waals surface area contributed by atoms with Crippen molar-refractivity contribution in [1.29, 1.82) is 0 Å². The number of aliphatic hydroxyl groups excluding tert-OH is 1. The van der Waals surface area contributed by atoms with Crippen molar-refractivity contribution < 1.29 is 35.4 Å². The van der Waals surface area contributed by atoms with Crippen LogP contribution >= 0.6 is 0 Å². The monoisotopic (exact) mass is 553 g/mol. The molecule has 0 saturated heterocycles. The molecule has 0 aliphatic carbocycles. The van der Waals surface area contributed by atoms with E-state index in [0.29, 0.717) is 0 Å². The number of pyridine rings is 1. The minimum Gasteiger partial charge on any atom is -0.512 e. The van der Waals surface area contributed by atoms with Crippen LogP contribution in [0, 0.1) is 13.0 Å². The first-order valence-corrected chi connectivity index (χ1v) is 8.58. The van der Waals surface area contributed by atoms with E-state index in [-0.39, 0.29) is 32.6 Å². The number of furan rings is 1. The molecule has 0 atom stereocenters. The first kappa shape index (κ1) is 21.6. The van der Waals surface area contributed by atoms with E-state index in [1.807, 2.05) is 42.6 Å². The Labute approximate surface area is 178 Å². The summed E-state index contributed by atoms with van der Waals surface area (Å²) in [5.74, 6) is -0.0625. The second kappa shape index (κ2) is 9.47. The number of para-hydroxylation sites is 1. The molecule has 2 aromatic carbocycles. The summed E-state index contributed by atoms with van der Waals surface area (Å²) in [4.78, 5) is 14.5. The van der Waals surface area contributed by atoms with Crippen LogP contribution in [0.3, 0.4) is 0 Å². The molecule has 4 rings (SSSR count). The smallest absolute Gasteiger partial charge is 0.155 e. The van der Waals surface area contributed by atoms with Crippen molar-refractivity contribution in [1.82, 2.24) is 4.98 Å². The molecule has 0 radical (unpaired) electrons. The van der Waals surface area contributed by atoms with Gasteiger partial charge in [0.15, 0.2) is 5.78 Å². The number of benzene rings is 2. The van der Waals surface area contributed by atoms with Gasteiger partial charge in [-0.3, -0.25) is 4.79 Å². The number of fused-ring (bicyclic) bond motifs is 3. The van der Waals surface area contributed by atoms with Crippen molar-refractivity contribution in [3.8, 4) is 11.3 Å². The number of nitrogens with zero attached hydrogens (tertiary/aromatic N) is 1. The number of aliphatic hydroxyl groups is 1. The molecule has 2 heterocycles. The molecule has 146 valence electrons. The molecule has 4 aromatic rings. The van der Waals surface area contributed by atoms with Gasteiger partial charge < -0.3 is 14.5 Å². The van der Waals surface area contributed by atoms with Gasteiger partial charge in [0.25, 0.3) is 0 Å². The third-order valence-corrected chi connectivity index (χ3v) is 3.92. The molecule has 0 spiro atoms. The molecule has 0 amide bonds. The van der Waals surface area contributed by atoms with Gasteiger partial charge in [0.05, 0.1) is 11.3 Å². The summed E-state index contributed by atoms with van der Waals surface area (Å²) in [6, 6.07) is 19.4. The average Bonchev–Trinajstić information content (AvgIpc) is 3.00. The average molecular weight is 553 g/mol.